The Balaban J connectivity index is 2.27. The lowest BCUT2D eigenvalue weighted by Gasteiger charge is -2.19. The average Bonchev–Trinajstić information content (AvgIpc) is 2.33. The summed E-state index contributed by atoms with van der Waals surface area (Å²) in [4.78, 5) is 0. The molecule has 0 saturated carbocycles. The minimum Gasteiger partial charge on any atom is -0.272 e. The van der Waals surface area contributed by atoms with Crippen LogP contribution in [0.25, 0.3) is 0 Å². The van der Waals surface area contributed by atoms with Gasteiger partial charge < -0.3 is 0 Å². The molecule has 3 nitrogen and oxygen atoms in total. The lowest BCUT2D eigenvalue weighted by atomic mass is 10.0. The van der Waals surface area contributed by atoms with Crippen LogP contribution in [0.2, 0.25) is 0 Å². The van der Waals surface area contributed by atoms with E-state index in [2.05, 4.69) is 38.4 Å². The number of halogens is 1. The van der Waals surface area contributed by atoms with Crippen molar-refractivity contribution < 1.29 is 0 Å². The molecule has 11 heavy (non-hydrogen) atoms. The smallest absolute Gasteiger partial charge is 0.117 e. The quantitative estimate of drug-likeness (QED) is 0.605. The lowest BCUT2D eigenvalue weighted by Crippen LogP contribution is -2.30. The number of nitrogens with zero attached hydrogens (tertiary/aromatic N) is 3. The Labute approximate surface area is 73.6 Å². The summed E-state index contributed by atoms with van der Waals surface area (Å²) >= 11 is 3.42. The van der Waals surface area contributed by atoms with Crippen LogP contribution in [-0.2, 0) is 0 Å². The van der Waals surface area contributed by atoms with Gasteiger partial charge in [-0.05, 0) is 12.2 Å². The van der Waals surface area contributed by atoms with Crippen molar-refractivity contribution in [2.45, 2.75) is 12.1 Å². The summed E-state index contributed by atoms with van der Waals surface area (Å²) in [5.41, 5.74) is 0. The summed E-state index contributed by atoms with van der Waals surface area (Å²) in [6, 6.07) is 0.538. The van der Waals surface area contributed by atoms with Crippen LogP contribution < -0.4 is 0 Å². The van der Waals surface area contributed by atoms with E-state index in [1.807, 2.05) is 18.1 Å². The van der Waals surface area contributed by atoms with E-state index in [0.29, 0.717) is 6.04 Å². The summed E-state index contributed by atoms with van der Waals surface area (Å²) in [6.07, 6.45) is 6.19. The van der Waals surface area contributed by atoms with Crippen molar-refractivity contribution in [1.29, 1.82) is 0 Å². The van der Waals surface area contributed by atoms with Crippen LogP contribution in [0.1, 0.15) is 0 Å². The molecule has 2 unspecified atom stereocenters. The highest BCUT2D eigenvalue weighted by atomic mass is 79.9. The van der Waals surface area contributed by atoms with Crippen molar-refractivity contribution in [2.24, 2.45) is 10.3 Å². The van der Waals surface area contributed by atoms with Crippen LogP contribution >= 0.6 is 15.9 Å². The van der Waals surface area contributed by atoms with E-state index in [-0.39, 0.29) is 6.04 Å². The molecule has 0 spiro atoms. The third-order valence-corrected chi connectivity index (χ3v) is 2.42. The number of likely N-dealkylation sites (N-methyl/N-ethyl adjacent to an activating group) is 1. The van der Waals surface area contributed by atoms with Gasteiger partial charge in [0.15, 0.2) is 0 Å². The standard InChI is InChI=1S/C7H8BrN3/c1-11-7-4-5(8)2-3-6(7)9-10-11/h2-4,6-7H,1H3. The summed E-state index contributed by atoms with van der Waals surface area (Å²) in [5.74, 6) is 0. The van der Waals surface area contributed by atoms with Gasteiger partial charge in [-0.25, -0.2) is 0 Å². The normalized spacial score (nSPS) is 34.0. The zero-order chi connectivity index (χ0) is 7.84. The second kappa shape index (κ2) is 2.44. The monoisotopic (exact) mass is 213 g/mol. The largest absolute Gasteiger partial charge is 0.272 e. The Morgan fingerprint density at radius 3 is 3.27 bits per heavy atom. The molecule has 0 aromatic heterocycles. The highest BCUT2D eigenvalue weighted by Crippen LogP contribution is 2.25. The van der Waals surface area contributed by atoms with Crippen molar-refractivity contribution in [3.05, 3.63) is 22.7 Å². The van der Waals surface area contributed by atoms with E-state index in [9.17, 15) is 0 Å². The first-order valence-electron chi connectivity index (χ1n) is 3.46. The lowest BCUT2D eigenvalue weighted by molar-refractivity contribution is 0.323. The van der Waals surface area contributed by atoms with Crippen LogP contribution in [0, 0.1) is 0 Å². The van der Waals surface area contributed by atoms with Crippen LogP contribution in [0.4, 0.5) is 0 Å². The predicted molar refractivity (Wildman–Crippen MR) is 46.3 cm³/mol. The van der Waals surface area contributed by atoms with Gasteiger partial charge >= 0.3 is 0 Å². The summed E-state index contributed by atoms with van der Waals surface area (Å²) < 4.78 is 1.11. The molecule has 0 fully saturated rings. The number of hydrogen-bond donors (Lipinski definition) is 0. The molecular weight excluding hydrogens is 206 g/mol. The molecule has 2 rings (SSSR count). The Kier molecular flexibility index (Phi) is 1.56. The molecule has 0 aromatic carbocycles. The fraction of sp³-hybridized carbons (Fsp3) is 0.429. The minimum atomic E-state index is 0.223. The Hall–Kier alpha value is -0.640. The van der Waals surface area contributed by atoms with E-state index >= 15 is 0 Å². The van der Waals surface area contributed by atoms with E-state index in [0.717, 1.165) is 4.48 Å². The van der Waals surface area contributed by atoms with Crippen LogP contribution in [0.3, 0.4) is 0 Å². The maximum Gasteiger partial charge on any atom is 0.117 e. The SMILES string of the molecule is CN1N=NC2C=CC(Br)=CC21. The van der Waals surface area contributed by atoms with E-state index in [1.54, 1.807) is 0 Å². The molecule has 0 N–H and O–H groups in total. The highest BCUT2D eigenvalue weighted by Gasteiger charge is 2.28. The second-order valence-electron chi connectivity index (χ2n) is 2.67. The summed E-state index contributed by atoms with van der Waals surface area (Å²) in [5, 5.41) is 9.90. The zero-order valence-corrected chi connectivity index (χ0v) is 7.69. The molecule has 0 bridgehead atoms. The van der Waals surface area contributed by atoms with Crippen LogP contribution in [0.15, 0.2) is 33.0 Å². The predicted octanol–water partition coefficient (Wildman–Crippen LogP) is 1.88. The minimum absolute atomic E-state index is 0.223. The van der Waals surface area contributed by atoms with Crippen molar-refractivity contribution in [1.82, 2.24) is 5.01 Å². The number of hydrogen-bond acceptors (Lipinski definition) is 3. The maximum absolute atomic E-state index is 4.07. The first-order valence-corrected chi connectivity index (χ1v) is 4.26. The van der Waals surface area contributed by atoms with Gasteiger partial charge in [0.25, 0.3) is 0 Å². The Morgan fingerprint density at radius 2 is 2.45 bits per heavy atom. The highest BCUT2D eigenvalue weighted by molar-refractivity contribution is 9.11. The molecule has 58 valence electrons. The van der Waals surface area contributed by atoms with Crippen LogP contribution in [0.5, 0.6) is 0 Å². The topological polar surface area (TPSA) is 28.0 Å². The van der Waals surface area contributed by atoms with Gasteiger partial charge in [-0.2, -0.15) is 5.11 Å². The molecule has 4 heteroatoms. The van der Waals surface area contributed by atoms with Gasteiger partial charge in [0.2, 0.25) is 0 Å². The zero-order valence-electron chi connectivity index (χ0n) is 6.11. The van der Waals surface area contributed by atoms with Crippen molar-refractivity contribution in [3.63, 3.8) is 0 Å². The van der Waals surface area contributed by atoms with Crippen molar-refractivity contribution >= 4 is 15.9 Å². The fourth-order valence-corrected chi connectivity index (χ4v) is 1.68. The van der Waals surface area contributed by atoms with Crippen molar-refractivity contribution in [3.8, 4) is 0 Å². The first-order chi connectivity index (χ1) is 5.27. The molecule has 0 aromatic rings. The third-order valence-electron chi connectivity index (χ3n) is 1.89. The molecule has 0 amide bonds. The Morgan fingerprint density at radius 1 is 1.64 bits per heavy atom. The molecule has 2 aliphatic rings. The van der Waals surface area contributed by atoms with Gasteiger partial charge in [0, 0.05) is 11.5 Å². The number of allylic oxidation sites excluding steroid dienone is 2. The molecule has 0 radical (unpaired) electrons. The third kappa shape index (κ3) is 1.11. The first kappa shape index (κ1) is 7.03. The molecule has 1 heterocycles. The Bertz CT molecular complexity index is 256. The summed E-state index contributed by atoms with van der Waals surface area (Å²) in [7, 11) is 1.93. The summed E-state index contributed by atoms with van der Waals surface area (Å²) in [6.45, 7) is 0. The van der Waals surface area contributed by atoms with E-state index in [1.165, 1.54) is 0 Å². The molecule has 1 aliphatic carbocycles. The fourth-order valence-electron chi connectivity index (χ4n) is 1.26. The van der Waals surface area contributed by atoms with Gasteiger partial charge in [-0.1, -0.05) is 27.2 Å². The van der Waals surface area contributed by atoms with Gasteiger partial charge in [0.1, 0.15) is 6.04 Å². The number of rotatable bonds is 0. The van der Waals surface area contributed by atoms with Crippen molar-refractivity contribution in [2.75, 3.05) is 7.05 Å². The molecule has 2 atom stereocenters. The molecule has 1 aliphatic heterocycles. The number of fused-ring (bicyclic) bond motifs is 1. The van der Waals surface area contributed by atoms with E-state index in [4.69, 9.17) is 0 Å². The van der Waals surface area contributed by atoms with Crippen LogP contribution in [-0.4, -0.2) is 24.1 Å². The second-order valence-corrected chi connectivity index (χ2v) is 3.59. The van der Waals surface area contributed by atoms with Gasteiger partial charge in [-0.3, -0.25) is 5.01 Å². The molecular formula is C7H8BrN3. The maximum atomic E-state index is 4.07. The average molecular weight is 214 g/mol. The van der Waals surface area contributed by atoms with Gasteiger partial charge in [-0.15, -0.1) is 0 Å². The van der Waals surface area contributed by atoms with Gasteiger partial charge in [0.05, 0.1) is 6.04 Å². The molecule has 0 saturated heterocycles. The van der Waals surface area contributed by atoms with E-state index < -0.39 is 0 Å².